The lowest BCUT2D eigenvalue weighted by Gasteiger charge is -2.43. The van der Waals surface area contributed by atoms with E-state index in [1.54, 1.807) is 53.3 Å². The molecule has 2 saturated heterocycles. The minimum absolute atomic E-state index is 0.0200. The van der Waals surface area contributed by atoms with Crippen molar-refractivity contribution in [3.63, 3.8) is 0 Å². The first-order chi connectivity index (χ1) is 60.4. The van der Waals surface area contributed by atoms with Crippen LogP contribution in [0, 0.1) is 48.2 Å². The number of esters is 1. The van der Waals surface area contributed by atoms with E-state index in [2.05, 4.69) is 10.1 Å². The number of benzene rings is 2. The number of oxime groups is 1. The number of aliphatic hydroxyl groups excluding tert-OH is 3. The number of carbonyl (C=O) groups is 6. The Morgan fingerprint density at radius 1 is 0.714 bits per heavy atom. The van der Waals surface area contributed by atoms with Gasteiger partial charge in [-0.1, -0.05) is 82.3 Å². The van der Waals surface area contributed by atoms with Crippen molar-refractivity contribution in [1.29, 1.82) is 0 Å². The maximum atomic E-state index is 15.9. The number of nitrogen functional groups attached to an aromatic ring is 1. The number of anilines is 1. The Morgan fingerprint density at radius 3 is 2.06 bits per heavy atom. The van der Waals surface area contributed by atoms with E-state index in [-0.39, 0.29) is 150 Å². The van der Waals surface area contributed by atoms with Gasteiger partial charge in [0.1, 0.15) is 59.0 Å². The van der Waals surface area contributed by atoms with Gasteiger partial charge in [-0.05, 0) is 174 Å². The van der Waals surface area contributed by atoms with Gasteiger partial charge in [0.2, 0.25) is 5.79 Å². The van der Waals surface area contributed by atoms with Crippen LogP contribution in [0.2, 0.25) is 0 Å². The molecule has 126 heavy (non-hydrogen) atoms. The Kier molecular flexibility index (Phi) is 43.5. The van der Waals surface area contributed by atoms with E-state index in [4.69, 9.17) is 67.4 Å². The lowest BCUT2D eigenvalue weighted by molar-refractivity contribution is -0.265. The average Bonchev–Trinajstić information content (AvgIpc) is 1.12. The molecule has 2 aromatic carbocycles. The van der Waals surface area contributed by atoms with Crippen LogP contribution in [0.4, 0.5) is 10.2 Å². The summed E-state index contributed by atoms with van der Waals surface area (Å²) in [6.07, 6.45) is 12.4. The number of pyridine rings is 1. The number of halogens is 1. The molecule has 1 aliphatic carbocycles. The highest BCUT2D eigenvalue weighted by Crippen LogP contribution is 2.40. The molecule has 3 fully saturated rings. The van der Waals surface area contributed by atoms with Crippen LogP contribution in [0.15, 0.2) is 106 Å². The summed E-state index contributed by atoms with van der Waals surface area (Å²) in [6.45, 7) is 18.2. The molecule has 0 radical (unpaired) electrons. The van der Waals surface area contributed by atoms with E-state index < -0.39 is 116 Å². The van der Waals surface area contributed by atoms with Crippen LogP contribution in [0.5, 0.6) is 5.75 Å². The van der Waals surface area contributed by atoms with E-state index >= 15 is 4.39 Å². The smallest absolute Gasteiger partial charge is 0.329 e. The van der Waals surface area contributed by atoms with Crippen LogP contribution in [0.3, 0.4) is 0 Å². The standard InChI is InChI=1S/C94H138FN5O25S/c1-61-19-13-12-14-20-62(2)81(113-9)56-75-28-24-67(7)94(110,125-75)90(106)92(108)100-35-16-15-23-77(100)93(109)124-82(64(4)53-69-25-30-78(103)83(54-69)114-10)57-79(104)63(3)52-66(6)88(105)89(115-11)87(65(5)51-61)98-123-60-74(102)21-17-37-116-40-42-118-44-46-120-48-49-121-47-45-119-43-41-117-38-34-73(101)22-18-50-126(111,112)84-32-29-76(68(8)86(84)95)91(107)99-36-39-122-80-31-26-70(55-72(80)59-99)71-27-33-85(96)97-58-71/h12-14,19-20,26-27,29,31-33,52,55,58,61,63-65,67,69,75,77-79,81-83,88-89,103-105,110H,15-18,21-25,28,30,34-51,53-54,56-57,59-60H2,1-11H3,(H2,96,97)/b14-12+,19-13+,62-20+,66-52+,98-87?/t61-,63-,64-,65-,67-,69+,75+,77+,78-,79-,81+,82+,83-,88-,89+,94-/m1/s1. The fraction of sp³-hybridized carbons (Fsp3) is 0.660. The molecule has 3 aromatic rings. The molecule has 16 atom stereocenters. The zero-order valence-electron chi connectivity index (χ0n) is 75.5. The molecule has 6 N–H and O–H groups in total. The van der Waals surface area contributed by atoms with Crippen molar-refractivity contribution in [2.24, 2.45) is 40.7 Å². The number of amides is 2. The average molecular weight is 1790 g/mol. The molecular formula is C94H138FN5O25S. The molecule has 1 saturated carbocycles. The van der Waals surface area contributed by atoms with E-state index in [9.17, 15) is 57.6 Å². The number of Topliss-reactive ketones (excluding diaryl/α,β-unsaturated/α-hetero) is 3. The summed E-state index contributed by atoms with van der Waals surface area (Å²) in [7, 11) is 0.452. The maximum absolute atomic E-state index is 15.9. The number of methoxy groups -OCH3 is 3. The number of nitrogens with zero attached hydrogens (tertiary/aromatic N) is 4. The molecule has 5 heterocycles. The predicted octanol–water partition coefficient (Wildman–Crippen LogP) is 10.6. The van der Waals surface area contributed by atoms with Crippen LogP contribution in [-0.2, 0) is 97.3 Å². The largest absolute Gasteiger partial charge is 0.491 e. The van der Waals surface area contributed by atoms with E-state index in [0.717, 1.165) is 28.3 Å². The second-order valence-corrected chi connectivity index (χ2v) is 36.2. The molecule has 702 valence electrons. The van der Waals surface area contributed by atoms with Gasteiger partial charge in [-0.2, -0.15) is 0 Å². The topological polar surface area (TPSA) is 395 Å². The molecule has 30 nitrogen and oxygen atoms in total. The number of aromatic nitrogens is 1. The minimum atomic E-state index is -4.14. The van der Waals surface area contributed by atoms with Crippen molar-refractivity contribution >= 4 is 56.5 Å². The zero-order valence-corrected chi connectivity index (χ0v) is 76.3. The van der Waals surface area contributed by atoms with Crippen molar-refractivity contribution in [3.8, 4) is 16.9 Å². The van der Waals surface area contributed by atoms with Crippen molar-refractivity contribution in [3.05, 3.63) is 119 Å². The molecule has 2 bridgehead atoms. The Balaban J connectivity index is 0.721. The third-order valence-electron chi connectivity index (χ3n) is 24.5. The Bertz CT molecular complexity index is 4240. The fourth-order valence-electron chi connectivity index (χ4n) is 16.7. The maximum Gasteiger partial charge on any atom is 0.329 e. The summed E-state index contributed by atoms with van der Waals surface area (Å²) in [5.74, 6) is -8.77. The first-order valence-corrected chi connectivity index (χ1v) is 46.3. The zero-order chi connectivity index (χ0) is 91.5. The summed E-state index contributed by atoms with van der Waals surface area (Å²) in [4.78, 5) is 95.6. The lowest BCUT2D eigenvalue weighted by atomic mass is 9.78. The molecule has 5 aliphatic rings. The third kappa shape index (κ3) is 31.6. The number of allylic oxidation sites excluding steroid dienone is 5. The highest BCUT2D eigenvalue weighted by Gasteiger charge is 2.53. The molecule has 8 rings (SSSR count). The number of ether oxygens (including phenoxy) is 12. The molecule has 4 aliphatic heterocycles. The van der Waals surface area contributed by atoms with Crippen LogP contribution in [0.25, 0.3) is 11.1 Å². The van der Waals surface area contributed by atoms with Gasteiger partial charge in [0.05, 0.1) is 121 Å². The van der Waals surface area contributed by atoms with Gasteiger partial charge in [0.15, 0.2) is 22.2 Å². The first-order valence-electron chi connectivity index (χ1n) is 44.6. The van der Waals surface area contributed by atoms with E-state index in [1.165, 1.54) is 29.9 Å². The van der Waals surface area contributed by atoms with Gasteiger partial charge in [-0.25, -0.2) is 22.6 Å². The second-order valence-electron chi connectivity index (χ2n) is 34.1. The van der Waals surface area contributed by atoms with Gasteiger partial charge in [0, 0.05) is 114 Å². The fourth-order valence-corrected chi connectivity index (χ4v) is 18.2. The number of sulfone groups is 1. The lowest BCUT2D eigenvalue weighted by Crippen LogP contribution is -2.61. The molecular weight excluding hydrogens is 1650 g/mol. The van der Waals surface area contributed by atoms with Crippen LogP contribution in [0.1, 0.15) is 179 Å². The number of rotatable bonds is 38. The summed E-state index contributed by atoms with van der Waals surface area (Å²) >= 11 is 0. The number of nitrogens with two attached hydrogens (primary N) is 1. The van der Waals surface area contributed by atoms with Crippen molar-refractivity contribution in [1.82, 2.24) is 14.8 Å². The third-order valence-corrected chi connectivity index (χ3v) is 26.3. The number of hydrogen-bond acceptors (Lipinski definition) is 28. The highest BCUT2D eigenvalue weighted by molar-refractivity contribution is 7.91. The molecule has 1 aromatic heterocycles. The van der Waals surface area contributed by atoms with Crippen molar-refractivity contribution in [2.45, 2.75) is 237 Å². The van der Waals surface area contributed by atoms with E-state index in [0.29, 0.717) is 147 Å². The number of piperidine rings is 1. The minimum Gasteiger partial charge on any atom is -0.491 e. The van der Waals surface area contributed by atoms with Crippen LogP contribution >= 0.6 is 0 Å². The number of carbonyl (C=O) groups excluding carboxylic acids is 6. The van der Waals surface area contributed by atoms with Crippen molar-refractivity contribution in [2.75, 3.05) is 138 Å². The summed E-state index contributed by atoms with van der Waals surface area (Å²) in [6, 6.07) is 10.4. The van der Waals surface area contributed by atoms with Crippen molar-refractivity contribution < 1.29 is 124 Å². The quantitative estimate of drug-likeness (QED) is 0.0117. The molecule has 0 unspecified atom stereocenters. The van der Waals surface area contributed by atoms with Gasteiger partial charge >= 0.3 is 5.97 Å². The number of hydrogen-bond donors (Lipinski definition) is 5. The Labute approximate surface area is 742 Å². The van der Waals surface area contributed by atoms with Gasteiger partial charge in [0.25, 0.3) is 17.6 Å². The van der Waals surface area contributed by atoms with Crippen LogP contribution < -0.4 is 10.5 Å². The Hall–Kier alpha value is -7.64. The number of aliphatic hydroxyl groups is 4. The van der Waals surface area contributed by atoms with Gasteiger partial charge in [-0.15, -0.1) is 0 Å². The highest BCUT2D eigenvalue weighted by atomic mass is 32.2. The number of fused-ring (bicyclic) bond motifs is 4. The summed E-state index contributed by atoms with van der Waals surface area (Å²) < 4.78 is 112. The Morgan fingerprint density at radius 2 is 1.39 bits per heavy atom. The number of cyclic esters (lactones) is 1. The molecule has 0 spiro atoms. The monoisotopic (exact) mass is 1790 g/mol. The van der Waals surface area contributed by atoms with E-state index in [1.807, 2.05) is 82.3 Å². The second kappa shape index (κ2) is 52.9. The first kappa shape index (κ1) is 104. The SMILES string of the molecule is CO[C@H]1C[C@@H]2CC[C@@H](C)[C@@](O)(O2)C(=O)C(=O)N2CCCC[C@H]2C(=O)O[C@H]([C@H](C)C[C@@H]2CC[C@@H](O)[C@H](OC)C2)C[C@@H](O)[C@H](C)/C=C(\C)[C@@H](O)[C@@H](OC)C(=NOCC(=O)CCCOCCOCCOCCOCCOCCOCCC(=O)CCCS(=O)(=O)c2ccc(C(=O)N3CCOc4ccc(-c5ccc(N)nc5)cc4C3)c(C)c2F)[C@H](C)C[C@H](C)/C=C/C=C/C=C/1C. The van der Waals surface area contributed by atoms with Gasteiger partial charge in [-0.3, -0.25) is 24.0 Å². The van der Waals surface area contributed by atoms with Gasteiger partial charge < -0.3 is 97.6 Å². The molecule has 2 amide bonds. The predicted molar refractivity (Wildman–Crippen MR) is 470 cm³/mol. The number of ketones is 3. The summed E-state index contributed by atoms with van der Waals surface area (Å²) in [5, 5.41) is 51.8. The molecule has 32 heteroatoms. The normalized spacial score (nSPS) is 28.1. The van der Waals surface area contributed by atoms with Crippen LogP contribution in [-0.4, -0.2) is 278 Å². The summed E-state index contributed by atoms with van der Waals surface area (Å²) in [5.41, 5.74) is 9.77.